The molecule has 0 radical (unpaired) electrons. The van der Waals surface area contributed by atoms with Crippen LogP contribution in [0, 0.1) is 13.8 Å². The number of phenols is 2. The Hall–Kier alpha value is -2.31. The van der Waals surface area contributed by atoms with E-state index in [9.17, 15) is 15.0 Å². The third-order valence-electron chi connectivity index (χ3n) is 5.80. The number of esters is 1. The average Bonchev–Trinajstić information content (AvgIpc) is 3.01. The maximum Gasteiger partial charge on any atom is 0.340 e. The summed E-state index contributed by atoms with van der Waals surface area (Å²) in [4.78, 5) is 13.2. The number of carbonyl (C=O) groups is 1. The summed E-state index contributed by atoms with van der Waals surface area (Å²) in [6.45, 7) is 3.51. The molecule has 158 valence electrons. The summed E-state index contributed by atoms with van der Waals surface area (Å²) in [5.41, 5.74) is 0.731. The van der Waals surface area contributed by atoms with Crippen LogP contribution in [0.25, 0.3) is 0 Å². The van der Waals surface area contributed by atoms with Crippen molar-refractivity contribution in [2.45, 2.75) is 19.4 Å². The molecule has 2 aliphatic heterocycles. The van der Waals surface area contributed by atoms with Crippen molar-refractivity contribution in [1.29, 1.82) is 0 Å². The van der Waals surface area contributed by atoms with Crippen molar-refractivity contribution in [2.24, 2.45) is 0 Å². The van der Waals surface area contributed by atoms with E-state index in [1.54, 1.807) is 19.9 Å². The molecule has 2 heterocycles. The summed E-state index contributed by atoms with van der Waals surface area (Å²) in [5.74, 6) is -0.734. The number of rotatable bonds is 0. The smallest absolute Gasteiger partial charge is 0.340 e. The highest BCUT2D eigenvalue weighted by atomic mass is 35.5. The zero-order valence-corrected chi connectivity index (χ0v) is 19.0. The molecule has 9 heteroatoms. The minimum atomic E-state index is -1.66. The van der Waals surface area contributed by atoms with E-state index in [1.807, 2.05) is 0 Å². The van der Waals surface area contributed by atoms with Crippen LogP contribution in [-0.2, 0) is 10.3 Å². The highest BCUT2D eigenvalue weighted by Crippen LogP contribution is 2.62. The van der Waals surface area contributed by atoms with Gasteiger partial charge in [-0.25, -0.2) is 4.79 Å². The molecular formula is C22H12Cl4O5. The van der Waals surface area contributed by atoms with Crippen LogP contribution in [0.5, 0.6) is 23.0 Å². The molecule has 5 rings (SSSR count). The number of hydrogen-bond donors (Lipinski definition) is 2. The van der Waals surface area contributed by atoms with Crippen molar-refractivity contribution in [3.63, 3.8) is 0 Å². The van der Waals surface area contributed by atoms with Gasteiger partial charge in [0.1, 0.15) is 28.0 Å². The maximum atomic E-state index is 13.2. The number of halogens is 4. The van der Waals surface area contributed by atoms with Crippen LogP contribution in [0.4, 0.5) is 0 Å². The number of aromatic hydroxyl groups is 2. The van der Waals surface area contributed by atoms with Crippen molar-refractivity contribution in [3.05, 3.63) is 77.7 Å². The Morgan fingerprint density at radius 1 is 0.839 bits per heavy atom. The number of hydrogen-bond acceptors (Lipinski definition) is 5. The van der Waals surface area contributed by atoms with E-state index in [4.69, 9.17) is 55.9 Å². The van der Waals surface area contributed by atoms with Crippen molar-refractivity contribution < 1.29 is 24.5 Å². The van der Waals surface area contributed by atoms with Crippen LogP contribution < -0.4 is 4.74 Å². The van der Waals surface area contributed by atoms with Crippen molar-refractivity contribution in [1.82, 2.24) is 0 Å². The van der Waals surface area contributed by atoms with Gasteiger partial charge < -0.3 is 19.7 Å². The normalized spacial score (nSPS) is 18.3. The molecule has 0 saturated heterocycles. The predicted octanol–water partition coefficient (Wildman–Crippen LogP) is 6.90. The minimum Gasteiger partial charge on any atom is -0.508 e. The van der Waals surface area contributed by atoms with Crippen LogP contribution in [-0.4, -0.2) is 16.2 Å². The van der Waals surface area contributed by atoms with Gasteiger partial charge in [-0.2, -0.15) is 0 Å². The highest BCUT2D eigenvalue weighted by molar-refractivity contribution is 6.45. The molecule has 2 N–H and O–H groups in total. The molecule has 3 aromatic rings. The monoisotopic (exact) mass is 496 g/mol. The lowest BCUT2D eigenvalue weighted by atomic mass is 9.76. The molecule has 0 bridgehead atoms. The first-order valence-corrected chi connectivity index (χ1v) is 10.6. The zero-order valence-electron chi connectivity index (χ0n) is 15.9. The quantitative estimate of drug-likeness (QED) is 0.330. The molecule has 1 atom stereocenters. The lowest BCUT2D eigenvalue weighted by molar-refractivity contribution is 0.0224. The predicted molar refractivity (Wildman–Crippen MR) is 118 cm³/mol. The Morgan fingerprint density at radius 2 is 1.52 bits per heavy atom. The summed E-state index contributed by atoms with van der Waals surface area (Å²) in [6.07, 6.45) is 0. The third-order valence-corrected chi connectivity index (χ3v) is 7.60. The summed E-state index contributed by atoms with van der Waals surface area (Å²) in [6, 6.07) is 5.60. The van der Waals surface area contributed by atoms with Gasteiger partial charge in [0, 0.05) is 23.3 Å². The third kappa shape index (κ3) is 2.49. The van der Waals surface area contributed by atoms with Gasteiger partial charge in [-0.15, -0.1) is 0 Å². The van der Waals surface area contributed by atoms with Gasteiger partial charge in [0.25, 0.3) is 0 Å². The van der Waals surface area contributed by atoms with E-state index < -0.39 is 11.6 Å². The van der Waals surface area contributed by atoms with Crippen molar-refractivity contribution >= 4 is 52.4 Å². The molecule has 0 saturated carbocycles. The first kappa shape index (κ1) is 20.6. The first-order chi connectivity index (χ1) is 14.6. The van der Waals surface area contributed by atoms with Gasteiger partial charge in [-0.05, 0) is 37.1 Å². The van der Waals surface area contributed by atoms with E-state index in [1.165, 1.54) is 18.2 Å². The molecular weight excluding hydrogens is 486 g/mol. The van der Waals surface area contributed by atoms with Gasteiger partial charge in [0.05, 0.1) is 26.2 Å². The molecule has 1 spiro atoms. The van der Waals surface area contributed by atoms with E-state index in [-0.39, 0.29) is 54.2 Å². The Bertz CT molecular complexity index is 1350. The van der Waals surface area contributed by atoms with Gasteiger partial charge >= 0.3 is 5.97 Å². The van der Waals surface area contributed by atoms with Crippen LogP contribution in [0.3, 0.4) is 0 Å². The van der Waals surface area contributed by atoms with Crippen LogP contribution in [0.1, 0.15) is 38.2 Å². The van der Waals surface area contributed by atoms with Gasteiger partial charge in [0.15, 0.2) is 5.60 Å². The summed E-state index contributed by atoms with van der Waals surface area (Å²) in [7, 11) is 0. The van der Waals surface area contributed by atoms with E-state index in [0.717, 1.165) is 0 Å². The van der Waals surface area contributed by atoms with Gasteiger partial charge in [-0.3, -0.25) is 0 Å². The Balaban J connectivity index is 2.03. The summed E-state index contributed by atoms with van der Waals surface area (Å²) in [5, 5.41) is 20.4. The minimum absolute atomic E-state index is 0.0681. The number of fused-ring (bicyclic) bond motifs is 6. The number of benzene rings is 3. The molecule has 0 aliphatic carbocycles. The van der Waals surface area contributed by atoms with Crippen molar-refractivity contribution in [2.75, 3.05) is 0 Å². The second-order valence-corrected chi connectivity index (χ2v) is 8.89. The number of phenolic OH excluding ortho intramolecular Hbond substituents is 2. The van der Waals surface area contributed by atoms with Crippen LogP contribution >= 0.6 is 46.4 Å². The van der Waals surface area contributed by atoms with Gasteiger partial charge in [-0.1, -0.05) is 46.4 Å². The summed E-state index contributed by atoms with van der Waals surface area (Å²) < 4.78 is 11.9. The van der Waals surface area contributed by atoms with Crippen molar-refractivity contribution in [3.8, 4) is 23.0 Å². The highest BCUT2D eigenvalue weighted by Gasteiger charge is 2.57. The number of ether oxygens (including phenoxy) is 2. The Labute approximate surface area is 196 Å². The first-order valence-electron chi connectivity index (χ1n) is 9.04. The molecule has 5 nitrogen and oxygen atoms in total. The van der Waals surface area contributed by atoms with E-state index >= 15 is 0 Å². The topological polar surface area (TPSA) is 76.0 Å². The number of carbonyl (C=O) groups excluding carboxylic acids is 1. The fraction of sp³-hybridized carbons (Fsp3) is 0.136. The SMILES string of the molecule is Cc1c(C)c2c(c(Cl)c1Cl)C1(OC2=O)c2ccc(O)cc2Oc2cc(O)c(Cl)c(Cl)c21. The lowest BCUT2D eigenvalue weighted by Crippen LogP contribution is -2.33. The maximum absolute atomic E-state index is 13.2. The van der Waals surface area contributed by atoms with Gasteiger partial charge in [0.2, 0.25) is 0 Å². The molecule has 0 fully saturated rings. The summed E-state index contributed by atoms with van der Waals surface area (Å²) >= 11 is 26.1. The Kier molecular flexibility index (Phi) is 4.38. The molecule has 31 heavy (non-hydrogen) atoms. The fourth-order valence-electron chi connectivity index (χ4n) is 4.25. The molecule has 2 aliphatic rings. The lowest BCUT2D eigenvalue weighted by Gasteiger charge is -2.37. The molecule has 3 aromatic carbocycles. The second kappa shape index (κ2) is 6.59. The second-order valence-electron chi connectivity index (χ2n) is 7.38. The Morgan fingerprint density at radius 3 is 2.23 bits per heavy atom. The van der Waals surface area contributed by atoms with Crippen LogP contribution in [0.15, 0.2) is 24.3 Å². The van der Waals surface area contributed by atoms with E-state index in [0.29, 0.717) is 22.3 Å². The zero-order chi connectivity index (χ0) is 22.4. The standard InChI is InChI=1S/C22H12Cl4O5/c1-7-8(2)17(23)20(26)16-14(7)21(29)31-22(16)10-4-3-9(27)5-12(10)30-13-6-11(28)18(24)19(25)15(13)22/h3-6,27-28H,1-2H3. The molecule has 1 unspecified atom stereocenters. The fourth-order valence-corrected chi connectivity index (χ4v) is 5.33. The average molecular weight is 498 g/mol. The largest absolute Gasteiger partial charge is 0.508 e. The van der Waals surface area contributed by atoms with Crippen LogP contribution in [0.2, 0.25) is 20.1 Å². The molecule has 0 amide bonds. The molecule has 0 aromatic heterocycles. The van der Waals surface area contributed by atoms with E-state index in [2.05, 4.69) is 0 Å².